The lowest BCUT2D eigenvalue weighted by molar-refractivity contribution is -0.114. The van der Waals surface area contributed by atoms with Crippen LogP contribution in [0.1, 0.15) is 17.3 Å². The van der Waals surface area contributed by atoms with Crippen LogP contribution >= 0.6 is 0 Å². The average Bonchev–Trinajstić information content (AvgIpc) is 3.75. The van der Waals surface area contributed by atoms with Gasteiger partial charge >= 0.3 is 0 Å². The lowest BCUT2D eigenvalue weighted by Crippen LogP contribution is -2.27. The number of halogens is 1. The highest BCUT2D eigenvalue weighted by molar-refractivity contribution is 6.04. The predicted molar refractivity (Wildman–Crippen MR) is 176 cm³/mol. The number of ether oxygens (including phenoxy) is 1. The number of amides is 2. The van der Waals surface area contributed by atoms with Crippen molar-refractivity contribution >= 4 is 34.3 Å². The first kappa shape index (κ1) is 29.8. The molecule has 0 bridgehead atoms. The Kier molecular flexibility index (Phi) is 7.75. The number of nitrogens with zero attached hydrogens (tertiary/aromatic N) is 4. The third kappa shape index (κ3) is 5.90. The largest absolute Gasteiger partial charge is 0.438 e. The van der Waals surface area contributed by atoms with Crippen molar-refractivity contribution in [3.05, 3.63) is 131 Å². The Labute approximate surface area is 270 Å². The summed E-state index contributed by atoms with van der Waals surface area (Å²) in [6.45, 7) is 1.43. The van der Waals surface area contributed by atoms with Gasteiger partial charge in [0.15, 0.2) is 5.76 Å². The van der Waals surface area contributed by atoms with Crippen LogP contribution in [0.2, 0.25) is 0 Å². The standard InChI is InChI=1S/C35H24FN7O5/c1-20(44)40-24-5-2-4-21(18-24)29-30-33(37-19-38-34(30)48-31(29)28-15-16-39-42-28)47-26-13-9-23(10-14-26)41-32(45)27-6-3-17-43(35(27)46)25-11-7-22(36)8-12-25/h2-19H,1H3,(H,39,42)(H,40,44)(H,41,45). The van der Waals surface area contributed by atoms with Crippen molar-refractivity contribution in [1.82, 2.24) is 24.7 Å². The van der Waals surface area contributed by atoms with E-state index >= 15 is 0 Å². The molecule has 0 aliphatic rings. The summed E-state index contributed by atoms with van der Waals surface area (Å²) < 4.78 is 27.0. The van der Waals surface area contributed by atoms with Crippen LogP contribution in [-0.2, 0) is 4.79 Å². The number of anilines is 2. The van der Waals surface area contributed by atoms with Gasteiger partial charge in [-0.15, -0.1) is 0 Å². The SMILES string of the molecule is CC(=O)Nc1cccc(-c2c(-c3cc[nH]n3)oc3ncnc(Oc4ccc(NC(=O)c5cccn(-c6ccc(F)cc6)c5=O)cc4)c23)c1. The second kappa shape index (κ2) is 12.5. The van der Waals surface area contributed by atoms with Gasteiger partial charge < -0.3 is 19.8 Å². The fourth-order valence-electron chi connectivity index (χ4n) is 5.17. The number of furan rings is 1. The van der Waals surface area contributed by atoms with Gasteiger partial charge in [0.1, 0.15) is 34.5 Å². The lowest BCUT2D eigenvalue weighted by Gasteiger charge is -2.10. The monoisotopic (exact) mass is 641 g/mol. The molecule has 7 aromatic rings. The van der Waals surface area contributed by atoms with Crippen LogP contribution < -0.4 is 20.9 Å². The van der Waals surface area contributed by atoms with E-state index in [4.69, 9.17) is 9.15 Å². The van der Waals surface area contributed by atoms with Crippen LogP contribution in [0.4, 0.5) is 15.8 Å². The number of aromatic amines is 1. The van der Waals surface area contributed by atoms with Crippen LogP contribution in [-0.4, -0.2) is 36.5 Å². The van der Waals surface area contributed by atoms with E-state index < -0.39 is 17.3 Å². The molecule has 2 amide bonds. The number of carbonyl (C=O) groups is 2. The van der Waals surface area contributed by atoms with Crippen molar-refractivity contribution in [1.29, 1.82) is 0 Å². The fraction of sp³-hybridized carbons (Fsp3) is 0.0286. The Balaban J connectivity index is 1.18. The number of hydrogen-bond donors (Lipinski definition) is 3. The second-order valence-electron chi connectivity index (χ2n) is 10.5. The van der Waals surface area contributed by atoms with Crippen LogP contribution in [0, 0.1) is 5.82 Å². The number of hydrogen-bond acceptors (Lipinski definition) is 8. The summed E-state index contributed by atoms with van der Waals surface area (Å²) in [5, 5.41) is 13.1. The Morgan fingerprint density at radius 3 is 2.48 bits per heavy atom. The first-order chi connectivity index (χ1) is 23.3. The summed E-state index contributed by atoms with van der Waals surface area (Å²) in [6, 6.07) is 23.9. The van der Waals surface area contributed by atoms with E-state index in [0.717, 1.165) is 0 Å². The minimum Gasteiger partial charge on any atom is -0.438 e. The molecule has 0 saturated heterocycles. The molecule has 4 aromatic heterocycles. The number of H-pyrrole nitrogens is 1. The van der Waals surface area contributed by atoms with E-state index in [9.17, 15) is 18.8 Å². The molecular formula is C35H24FN7O5. The predicted octanol–water partition coefficient (Wildman–Crippen LogP) is 6.57. The Morgan fingerprint density at radius 2 is 1.73 bits per heavy atom. The van der Waals surface area contributed by atoms with Gasteiger partial charge in [0.05, 0.1) is 0 Å². The first-order valence-corrected chi connectivity index (χ1v) is 14.6. The summed E-state index contributed by atoms with van der Waals surface area (Å²) in [6.07, 6.45) is 4.49. The van der Waals surface area contributed by atoms with Crippen molar-refractivity contribution in [2.45, 2.75) is 6.92 Å². The fourth-order valence-corrected chi connectivity index (χ4v) is 5.17. The number of aromatic nitrogens is 5. The molecule has 3 aromatic carbocycles. The van der Waals surface area contributed by atoms with Crippen molar-refractivity contribution in [2.24, 2.45) is 0 Å². The normalized spacial score (nSPS) is 11.0. The summed E-state index contributed by atoms with van der Waals surface area (Å²) in [5.74, 6) is -0.240. The minimum absolute atomic E-state index is 0.0895. The summed E-state index contributed by atoms with van der Waals surface area (Å²) in [7, 11) is 0. The Bertz CT molecular complexity index is 2350. The first-order valence-electron chi connectivity index (χ1n) is 14.6. The Hall–Kier alpha value is -6.89. The third-order valence-corrected chi connectivity index (χ3v) is 7.28. The van der Waals surface area contributed by atoms with Gasteiger partial charge in [-0.3, -0.25) is 24.0 Å². The molecule has 0 aliphatic heterocycles. The highest BCUT2D eigenvalue weighted by Crippen LogP contribution is 2.44. The molecule has 3 N–H and O–H groups in total. The molecule has 0 atom stereocenters. The van der Waals surface area contributed by atoms with E-state index in [1.54, 1.807) is 60.8 Å². The van der Waals surface area contributed by atoms with Gasteiger partial charge in [-0.2, -0.15) is 5.10 Å². The molecule has 0 radical (unpaired) electrons. The maximum atomic E-state index is 13.4. The number of pyridine rings is 1. The van der Waals surface area contributed by atoms with Gasteiger partial charge in [-0.1, -0.05) is 12.1 Å². The highest BCUT2D eigenvalue weighted by Gasteiger charge is 2.25. The number of fused-ring (bicyclic) bond motifs is 1. The zero-order valence-corrected chi connectivity index (χ0v) is 25.1. The molecule has 0 aliphatic carbocycles. The number of nitrogens with one attached hydrogen (secondary N) is 3. The zero-order valence-electron chi connectivity index (χ0n) is 25.1. The summed E-state index contributed by atoms with van der Waals surface area (Å²) in [5.41, 5.74) is 2.89. The molecule has 7 rings (SSSR count). The zero-order chi connectivity index (χ0) is 33.2. The number of benzene rings is 3. The highest BCUT2D eigenvalue weighted by atomic mass is 19.1. The van der Waals surface area contributed by atoms with Crippen LogP contribution in [0.25, 0.3) is 39.4 Å². The third-order valence-electron chi connectivity index (χ3n) is 7.28. The molecule has 12 nitrogen and oxygen atoms in total. The molecule has 236 valence electrons. The van der Waals surface area contributed by atoms with Crippen molar-refractivity contribution < 1.29 is 23.1 Å². The maximum absolute atomic E-state index is 13.4. The molecule has 0 fully saturated rings. The quantitative estimate of drug-likeness (QED) is 0.168. The van der Waals surface area contributed by atoms with Crippen LogP contribution in [0.3, 0.4) is 0 Å². The maximum Gasteiger partial charge on any atom is 0.267 e. The topological polar surface area (TPSA) is 157 Å². The number of rotatable bonds is 8. The molecule has 0 unspecified atom stereocenters. The van der Waals surface area contributed by atoms with Crippen molar-refractivity contribution in [2.75, 3.05) is 10.6 Å². The number of carbonyl (C=O) groups excluding carboxylic acids is 2. The van der Waals surface area contributed by atoms with Crippen LogP contribution in [0.5, 0.6) is 11.6 Å². The molecular weight excluding hydrogens is 617 g/mol. The molecule has 0 spiro atoms. The van der Waals surface area contributed by atoms with E-state index in [1.165, 1.54) is 54.3 Å². The van der Waals surface area contributed by atoms with E-state index in [1.807, 2.05) is 6.07 Å². The summed E-state index contributed by atoms with van der Waals surface area (Å²) in [4.78, 5) is 46.6. The molecule has 13 heteroatoms. The van der Waals surface area contributed by atoms with Crippen molar-refractivity contribution in [3.8, 4) is 39.9 Å². The van der Waals surface area contributed by atoms with Gasteiger partial charge in [0.2, 0.25) is 17.5 Å². The van der Waals surface area contributed by atoms with Gasteiger partial charge in [0.25, 0.3) is 11.5 Å². The van der Waals surface area contributed by atoms with E-state index in [0.29, 0.717) is 50.8 Å². The van der Waals surface area contributed by atoms with Gasteiger partial charge in [-0.05, 0) is 84.4 Å². The van der Waals surface area contributed by atoms with Crippen molar-refractivity contribution in [3.63, 3.8) is 0 Å². The summed E-state index contributed by atoms with van der Waals surface area (Å²) >= 11 is 0. The van der Waals surface area contributed by atoms with E-state index in [-0.39, 0.29) is 23.1 Å². The minimum atomic E-state index is -0.613. The molecule has 4 heterocycles. The Morgan fingerprint density at radius 1 is 0.917 bits per heavy atom. The lowest BCUT2D eigenvalue weighted by atomic mass is 10.0. The second-order valence-corrected chi connectivity index (χ2v) is 10.5. The van der Waals surface area contributed by atoms with Crippen LogP contribution in [0.15, 0.2) is 119 Å². The smallest absolute Gasteiger partial charge is 0.267 e. The average molecular weight is 642 g/mol. The van der Waals surface area contributed by atoms with E-state index in [2.05, 4.69) is 30.8 Å². The van der Waals surface area contributed by atoms with Gasteiger partial charge in [0, 0.05) is 41.9 Å². The molecule has 48 heavy (non-hydrogen) atoms. The van der Waals surface area contributed by atoms with Gasteiger partial charge in [-0.25, -0.2) is 14.4 Å². The molecule has 0 saturated carbocycles.